The zero-order valence-corrected chi connectivity index (χ0v) is 9.87. The summed E-state index contributed by atoms with van der Waals surface area (Å²) in [6.07, 6.45) is 3.69. The first-order valence-electron chi connectivity index (χ1n) is 5.72. The fourth-order valence-corrected chi connectivity index (χ4v) is 1.49. The topological polar surface area (TPSA) is 51.2 Å². The molecule has 1 aromatic heterocycles. The van der Waals surface area contributed by atoms with Crippen molar-refractivity contribution >= 4 is 11.8 Å². The maximum atomic E-state index is 11.5. The van der Waals surface area contributed by atoms with E-state index < -0.39 is 6.09 Å². The van der Waals surface area contributed by atoms with Gasteiger partial charge in [0.25, 0.3) is 0 Å². The summed E-state index contributed by atoms with van der Waals surface area (Å²) in [6, 6.07) is 13.0. The summed E-state index contributed by atoms with van der Waals surface area (Å²) in [6.45, 7) is 0.350. The lowest BCUT2D eigenvalue weighted by molar-refractivity contribution is 0.163. The smallest absolute Gasteiger partial charge is 0.411 e. The minimum Gasteiger partial charge on any atom is -0.449 e. The molecule has 0 radical (unpaired) electrons. The zero-order valence-electron chi connectivity index (χ0n) is 9.87. The second-order valence-corrected chi connectivity index (χ2v) is 3.73. The Bertz CT molecular complexity index is 486. The van der Waals surface area contributed by atoms with Gasteiger partial charge in [-0.05, 0) is 29.8 Å². The van der Waals surface area contributed by atoms with Crippen LogP contribution in [0.3, 0.4) is 0 Å². The van der Waals surface area contributed by atoms with Crippen molar-refractivity contribution in [3.63, 3.8) is 0 Å². The lowest BCUT2D eigenvalue weighted by Crippen LogP contribution is -2.15. The van der Waals surface area contributed by atoms with E-state index in [0.717, 1.165) is 11.3 Å². The number of anilines is 1. The summed E-state index contributed by atoms with van der Waals surface area (Å²) in [5.74, 6) is 0. The van der Waals surface area contributed by atoms with Gasteiger partial charge in [-0.3, -0.25) is 10.3 Å². The zero-order chi connectivity index (χ0) is 12.6. The average Bonchev–Trinajstić information content (AvgIpc) is 2.41. The third-order valence-electron chi connectivity index (χ3n) is 2.39. The van der Waals surface area contributed by atoms with Gasteiger partial charge in [0.15, 0.2) is 0 Å². The molecule has 4 nitrogen and oxygen atoms in total. The molecule has 1 amide bonds. The number of nitrogens with one attached hydrogen (secondary N) is 1. The molecular weight excluding hydrogens is 228 g/mol. The number of hydrogen-bond donors (Lipinski definition) is 1. The van der Waals surface area contributed by atoms with E-state index in [9.17, 15) is 4.79 Å². The molecule has 0 aliphatic heterocycles. The van der Waals surface area contributed by atoms with Gasteiger partial charge in [0.2, 0.25) is 0 Å². The number of ether oxygens (including phenoxy) is 1. The summed E-state index contributed by atoms with van der Waals surface area (Å²) < 4.78 is 5.08. The Morgan fingerprint density at radius 2 is 1.83 bits per heavy atom. The quantitative estimate of drug-likeness (QED) is 0.896. The molecule has 18 heavy (non-hydrogen) atoms. The van der Waals surface area contributed by atoms with E-state index in [2.05, 4.69) is 10.3 Å². The molecule has 2 aromatic rings. The fraction of sp³-hybridized carbons (Fsp3) is 0.143. The maximum absolute atomic E-state index is 11.5. The first kappa shape index (κ1) is 12.1. The third kappa shape index (κ3) is 3.90. The van der Waals surface area contributed by atoms with Crippen LogP contribution in [-0.2, 0) is 11.2 Å². The molecule has 1 aromatic carbocycles. The highest BCUT2D eigenvalue weighted by molar-refractivity contribution is 5.84. The number of hydrogen-bond acceptors (Lipinski definition) is 3. The molecule has 4 heteroatoms. The molecule has 0 aliphatic rings. The molecule has 92 valence electrons. The molecule has 0 saturated heterocycles. The molecule has 0 atom stereocenters. The molecule has 2 rings (SSSR count). The number of rotatable bonds is 4. The van der Waals surface area contributed by atoms with Crippen LogP contribution in [0.4, 0.5) is 10.5 Å². The minimum absolute atomic E-state index is 0.350. The van der Waals surface area contributed by atoms with Crippen molar-refractivity contribution in [2.75, 3.05) is 11.9 Å². The van der Waals surface area contributed by atoms with Crippen molar-refractivity contribution in [1.29, 1.82) is 0 Å². The largest absolute Gasteiger partial charge is 0.449 e. The highest BCUT2D eigenvalue weighted by Gasteiger charge is 2.02. The predicted molar refractivity (Wildman–Crippen MR) is 69.4 cm³/mol. The Balaban J connectivity index is 1.73. The number of pyridine rings is 1. The van der Waals surface area contributed by atoms with E-state index in [4.69, 9.17) is 4.74 Å². The Hall–Kier alpha value is -2.36. The summed E-state index contributed by atoms with van der Waals surface area (Å²) in [4.78, 5) is 15.4. The van der Waals surface area contributed by atoms with Gasteiger partial charge < -0.3 is 4.74 Å². The number of nitrogens with zero attached hydrogens (tertiary/aromatic N) is 1. The number of amides is 1. The average molecular weight is 242 g/mol. The Kier molecular flexibility index (Phi) is 4.30. The van der Waals surface area contributed by atoms with Gasteiger partial charge in [-0.25, -0.2) is 4.79 Å². The lowest BCUT2D eigenvalue weighted by Gasteiger charge is -2.06. The van der Waals surface area contributed by atoms with Crippen LogP contribution in [0.5, 0.6) is 0 Å². The normalized spacial score (nSPS) is 9.78. The summed E-state index contributed by atoms with van der Waals surface area (Å²) in [5.41, 5.74) is 1.82. The first-order chi connectivity index (χ1) is 8.84. The van der Waals surface area contributed by atoms with Crippen molar-refractivity contribution in [1.82, 2.24) is 4.98 Å². The second kappa shape index (κ2) is 6.39. The SMILES string of the molecule is O=C(Nc1ccccc1)OCCc1ccncc1. The van der Waals surface area contributed by atoms with Crippen LogP contribution >= 0.6 is 0 Å². The summed E-state index contributed by atoms with van der Waals surface area (Å²) in [7, 11) is 0. The molecule has 0 bridgehead atoms. The van der Waals surface area contributed by atoms with Crippen LogP contribution in [0.25, 0.3) is 0 Å². The van der Waals surface area contributed by atoms with Crippen molar-refractivity contribution in [2.45, 2.75) is 6.42 Å². The first-order valence-corrected chi connectivity index (χ1v) is 5.72. The van der Waals surface area contributed by atoms with Crippen LogP contribution in [-0.4, -0.2) is 17.7 Å². The van der Waals surface area contributed by atoms with Gasteiger partial charge >= 0.3 is 6.09 Å². The van der Waals surface area contributed by atoms with Crippen molar-refractivity contribution in [3.05, 3.63) is 60.4 Å². The third-order valence-corrected chi connectivity index (χ3v) is 2.39. The highest BCUT2D eigenvalue weighted by atomic mass is 16.5. The van der Waals surface area contributed by atoms with Gasteiger partial charge in [-0.2, -0.15) is 0 Å². The summed E-state index contributed by atoms with van der Waals surface area (Å²) >= 11 is 0. The fourth-order valence-electron chi connectivity index (χ4n) is 1.49. The van der Waals surface area contributed by atoms with Gasteiger partial charge in [0, 0.05) is 24.5 Å². The van der Waals surface area contributed by atoms with E-state index in [1.165, 1.54) is 0 Å². The highest BCUT2D eigenvalue weighted by Crippen LogP contribution is 2.05. The number of benzene rings is 1. The second-order valence-electron chi connectivity index (χ2n) is 3.73. The maximum Gasteiger partial charge on any atom is 0.411 e. The van der Waals surface area contributed by atoms with Gasteiger partial charge in [-0.15, -0.1) is 0 Å². The van der Waals surface area contributed by atoms with Crippen molar-refractivity contribution in [2.24, 2.45) is 0 Å². The van der Waals surface area contributed by atoms with Crippen LogP contribution in [0.2, 0.25) is 0 Å². The molecule has 1 heterocycles. The van der Waals surface area contributed by atoms with Crippen molar-refractivity contribution in [3.8, 4) is 0 Å². The van der Waals surface area contributed by atoms with Crippen LogP contribution in [0.1, 0.15) is 5.56 Å². The van der Waals surface area contributed by atoms with Crippen LogP contribution in [0.15, 0.2) is 54.9 Å². The molecular formula is C14H14N2O2. The monoisotopic (exact) mass is 242 g/mol. The molecule has 0 unspecified atom stereocenters. The number of carbonyl (C=O) groups is 1. The number of carbonyl (C=O) groups excluding carboxylic acids is 1. The molecule has 0 saturated carbocycles. The van der Waals surface area contributed by atoms with E-state index in [1.807, 2.05) is 42.5 Å². The van der Waals surface area contributed by atoms with E-state index >= 15 is 0 Å². The predicted octanol–water partition coefficient (Wildman–Crippen LogP) is 2.87. The molecule has 0 fully saturated rings. The Morgan fingerprint density at radius 3 is 2.56 bits per heavy atom. The standard InChI is InChI=1S/C14H14N2O2/c17-14(16-13-4-2-1-3-5-13)18-11-8-12-6-9-15-10-7-12/h1-7,9-10H,8,11H2,(H,16,17). The Morgan fingerprint density at radius 1 is 1.11 bits per heavy atom. The number of aromatic nitrogens is 1. The van der Waals surface area contributed by atoms with E-state index in [1.54, 1.807) is 12.4 Å². The van der Waals surface area contributed by atoms with Crippen molar-refractivity contribution < 1.29 is 9.53 Å². The van der Waals surface area contributed by atoms with E-state index in [-0.39, 0.29) is 0 Å². The lowest BCUT2D eigenvalue weighted by atomic mass is 10.2. The Labute approximate surface area is 106 Å². The molecule has 0 spiro atoms. The van der Waals surface area contributed by atoms with Gasteiger partial charge in [-0.1, -0.05) is 18.2 Å². The van der Waals surface area contributed by atoms with E-state index in [0.29, 0.717) is 13.0 Å². The van der Waals surface area contributed by atoms with Crippen LogP contribution in [0, 0.1) is 0 Å². The minimum atomic E-state index is -0.435. The van der Waals surface area contributed by atoms with Gasteiger partial charge in [0.1, 0.15) is 0 Å². The van der Waals surface area contributed by atoms with Crippen LogP contribution < -0.4 is 5.32 Å². The number of para-hydroxylation sites is 1. The summed E-state index contributed by atoms with van der Waals surface area (Å²) in [5, 5.41) is 2.65. The molecule has 1 N–H and O–H groups in total. The van der Waals surface area contributed by atoms with Gasteiger partial charge in [0.05, 0.1) is 6.61 Å². The molecule has 0 aliphatic carbocycles.